The molecule has 1 aliphatic heterocycles. The smallest absolute Gasteiger partial charge is 0.225 e. The van der Waals surface area contributed by atoms with Gasteiger partial charge in [-0.05, 0) is 6.07 Å². The molecule has 3 N–H and O–H groups in total. The van der Waals surface area contributed by atoms with E-state index in [4.69, 9.17) is 10.5 Å². The van der Waals surface area contributed by atoms with Crippen molar-refractivity contribution < 1.29 is 9.53 Å². The lowest BCUT2D eigenvalue weighted by atomic mass is 10.2. The fourth-order valence-electron chi connectivity index (χ4n) is 2.52. The minimum Gasteiger partial charge on any atom is -0.380 e. The third-order valence-electron chi connectivity index (χ3n) is 3.97. The third-order valence-corrected chi connectivity index (χ3v) is 3.97. The zero-order chi connectivity index (χ0) is 16.5. The number of nitrogens with zero attached hydrogens (tertiary/aromatic N) is 4. The van der Waals surface area contributed by atoms with E-state index in [9.17, 15) is 4.79 Å². The summed E-state index contributed by atoms with van der Waals surface area (Å²) in [6.45, 7) is 5.52. The number of anilines is 1. The van der Waals surface area contributed by atoms with E-state index in [-0.39, 0.29) is 49.2 Å². The first kappa shape index (κ1) is 27.3. The molecule has 1 aromatic heterocycles. The summed E-state index contributed by atoms with van der Waals surface area (Å²) in [5, 5.41) is 2.92. The van der Waals surface area contributed by atoms with E-state index in [1.165, 1.54) is 0 Å². The van der Waals surface area contributed by atoms with E-state index in [1.54, 1.807) is 19.5 Å². The van der Waals surface area contributed by atoms with E-state index >= 15 is 0 Å². The molecule has 1 amide bonds. The van der Waals surface area contributed by atoms with Gasteiger partial charge in [0.05, 0.1) is 12.5 Å². The Morgan fingerprint density at radius 1 is 1.23 bits per heavy atom. The Labute approximate surface area is 173 Å². The van der Waals surface area contributed by atoms with Gasteiger partial charge < -0.3 is 20.7 Å². The normalized spacial score (nSPS) is 15.1. The van der Waals surface area contributed by atoms with E-state index in [2.05, 4.69) is 25.1 Å². The molecule has 8 nitrogen and oxygen atoms in total. The highest BCUT2D eigenvalue weighted by atomic mass is 35.5. The minimum absolute atomic E-state index is 0. The van der Waals surface area contributed by atoms with Crippen LogP contribution in [0.4, 0.5) is 5.95 Å². The maximum absolute atomic E-state index is 11.8. The molecule has 1 fully saturated rings. The van der Waals surface area contributed by atoms with Crippen LogP contribution in [-0.2, 0) is 9.53 Å². The van der Waals surface area contributed by atoms with Crippen LogP contribution < -0.4 is 16.0 Å². The maximum atomic E-state index is 11.8. The second-order valence-electron chi connectivity index (χ2n) is 5.52. The molecule has 2 rings (SSSR count). The number of methoxy groups -OCH3 is 1. The van der Waals surface area contributed by atoms with Crippen molar-refractivity contribution in [2.24, 2.45) is 5.73 Å². The summed E-state index contributed by atoms with van der Waals surface area (Å²) in [5.74, 6) is 0.770. The van der Waals surface area contributed by atoms with Crippen LogP contribution in [0.1, 0.15) is 6.42 Å². The molecule has 26 heavy (non-hydrogen) atoms. The topological polar surface area (TPSA) is 96.6 Å². The molecule has 1 aromatic rings. The molecule has 1 unspecified atom stereocenters. The van der Waals surface area contributed by atoms with Crippen LogP contribution in [-0.4, -0.2) is 79.8 Å². The Morgan fingerprint density at radius 2 is 1.85 bits per heavy atom. The van der Waals surface area contributed by atoms with Crippen molar-refractivity contribution in [1.29, 1.82) is 0 Å². The van der Waals surface area contributed by atoms with Gasteiger partial charge in [-0.25, -0.2) is 9.97 Å². The molecule has 1 saturated heterocycles. The molecule has 152 valence electrons. The van der Waals surface area contributed by atoms with Crippen LogP contribution in [0, 0.1) is 0 Å². The van der Waals surface area contributed by atoms with E-state index in [1.807, 2.05) is 6.07 Å². The van der Waals surface area contributed by atoms with Gasteiger partial charge in [0, 0.05) is 65.3 Å². The van der Waals surface area contributed by atoms with Gasteiger partial charge in [0.25, 0.3) is 0 Å². The van der Waals surface area contributed by atoms with Crippen LogP contribution in [0.2, 0.25) is 0 Å². The van der Waals surface area contributed by atoms with E-state index < -0.39 is 0 Å². The molecular formula is C15H29Cl3N6O2. The molecular weight excluding hydrogens is 403 g/mol. The first-order chi connectivity index (χ1) is 11.2. The number of hydrogen-bond acceptors (Lipinski definition) is 7. The van der Waals surface area contributed by atoms with Crippen LogP contribution in [0.5, 0.6) is 0 Å². The van der Waals surface area contributed by atoms with Gasteiger partial charge in [0.2, 0.25) is 11.9 Å². The minimum atomic E-state index is -0.204. The number of aromatic nitrogens is 2. The predicted octanol–water partition coefficient (Wildman–Crippen LogP) is 0.344. The first-order valence-corrected chi connectivity index (χ1v) is 7.96. The number of carbonyl (C=O) groups excluding carboxylic acids is 1. The predicted molar refractivity (Wildman–Crippen MR) is 110 cm³/mol. The molecule has 0 spiro atoms. The summed E-state index contributed by atoms with van der Waals surface area (Å²) in [7, 11) is 1.57. The number of nitrogens with one attached hydrogen (secondary N) is 1. The Bertz CT molecular complexity index is 474. The Balaban J connectivity index is 0. The molecule has 2 heterocycles. The zero-order valence-corrected chi connectivity index (χ0v) is 17.3. The van der Waals surface area contributed by atoms with Gasteiger partial charge in [-0.2, -0.15) is 0 Å². The summed E-state index contributed by atoms with van der Waals surface area (Å²) < 4.78 is 5.11. The van der Waals surface area contributed by atoms with Gasteiger partial charge in [-0.1, -0.05) is 0 Å². The van der Waals surface area contributed by atoms with Gasteiger partial charge in [-0.15, -0.1) is 37.2 Å². The fraction of sp³-hybridized carbons (Fsp3) is 0.667. The number of piperazine rings is 1. The lowest BCUT2D eigenvalue weighted by Gasteiger charge is -2.34. The molecule has 1 aliphatic rings. The zero-order valence-electron chi connectivity index (χ0n) is 14.9. The van der Waals surface area contributed by atoms with Crippen molar-refractivity contribution in [3.05, 3.63) is 18.5 Å². The van der Waals surface area contributed by atoms with Crippen LogP contribution in [0.25, 0.3) is 0 Å². The number of rotatable bonds is 8. The Kier molecular flexibility index (Phi) is 16.0. The molecule has 0 aliphatic carbocycles. The molecule has 0 radical (unpaired) electrons. The van der Waals surface area contributed by atoms with E-state index in [0.29, 0.717) is 19.5 Å². The standard InChI is InChI=1S/C15H26N6O2.3ClH/c1-23-13(12-16)11-14(22)17-5-6-20-7-9-21(10-8-20)15-18-3-2-4-19-15;;;/h2-4,13H,5-12,16H2,1H3,(H,17,22);3*1H. The third kappa shape index (κ3) is 9.16. The lowest BCUT2D eigenvalue weighted by molar-refractivity contribution is -0.123. The second-order valence-corrected chi connectivity index (χ2v) is 5.52. The van der Waals surface area contributed by atoms with Crippen LogP contribution >= 0.6 is 37.2 Å². The number of hydrogen-bond donors (Lipinski definition) is 2. The first-order valence-electron chi connectivity index (χ1n) is 7.96. The number of amides is 1. The second kappa shape index (κ2) is 15.2. The fourth-order valence-corrected chi connectivity index (χ4v) is 2.52. The van der Waals surface area contributed by atoms with Gasteiger partial charge >= 0.3 is 0 Å². The monoisotopic (exact) mass is 430 g/mol. The average molecular weight is 432 g/mol. The number of halogens is 3. The highest BCUT2D eigenvalue weighted by Gasteiger charge is 2.18. The SMILES string of the molecule is COC(CN)CC(=O)NCCN1CCN(c2ncccn2)CC1.Cl.Cl.Cl. The van der Waals surface area contributed by atoms with Gasteiger partial charge in [0.1, 0.15) is 0 Å². The molecule has 0 aromatic carbocycles. The van der Waals surface area contributed by atoms with Crippen molar-refractivity contribution in [2.75, 3.05) is 57.8 Å². The maximum Gasteiger partial charge on any atom is 0.225 e. The number of carbonyl (C=O) groups is 1. The molecule has 11 heteroatoms. The van der Waals surface area contributed by atoms with Crippen molar-refractivity contribution in [3.63, 3.8) is 0 Å². The van der Waals surface area contributed by atoms with Crippen LogP contribution in [0.15, 0.2) is 18.5 Å². The lowest BCUT2D eigenvalue weighted by Crippen LogP contribution is -2.49. The van der Waals surface area contributed by atoms with Gasteiger partial charge in [0.15, 0.2) is 0 Å². The number of nitrogens with two attached hydrogens (primary N) is 1. The Hall–Kier alpha value is -0.900. The van der Waals surface area contributed by atoms with Crippen molar-refractivity contribution in [1.82, 2.24) is 20.2 Å². The summed E-state index contributed by atoms with van der Waals surface area (Å²) >= 11 is 0. The van der Waals surface area contributed by atoms with Crippen LogP contribution in [0.3, 0.4) is 0 Å². The summed E-state index contributed by atoms with van der Waals surface area (Å²) in [5.41, 5.74) is 5.51. The highest BCUT2D eigenvalue weighted by Crippen LogP contribution is 2.09. The summed E-state index contributed by atoms with van der Waals surface area (Å²) in [4.78, 5) is 24.8. The molecule has 1 atom stereocenters. The van der Waals surface area contributed by atoms with E-state index in [0.717, 1.165) is 38.7 Å². The van der Waals surface area contributed by atoms with Gasteiger partial charge in [-0.3, -0.25) is 9.69 Å². The molecule has 0 saturated carbocycles. The molecule has 0 bridgehead atoms. The van der Waals surface area contributed by atoms with Crippen molar-refractivity contribution >= 4 is 49.1 Å². The van der Waals surface area contributed by atoms with Crippen molar-refractivity contribution in [2.45, 2.75) is 12.5 Å². The highest BCUT2D eigenvalue weighted by molar-refractivity contribution is 5.86. The number of ether oxygens (including phenoxy) is 1. The summed E-state index contributed by atoms with van der Waals surface area (Å²) in [6.07, 6.45) is 3.63. The quantitative estimate of drug-likeness (QED) is 0.613. The largest absolute Gasteiger partial charge is 0.380 e. The summed E-state index contributed by atoms with van der Waals surface area (Å²) in [6, 6.07) is 1.82. The Morgan fingerprint density at radius 3 is 2.38 bits per heavy atom. The average Bonchev–Trinajstić information content (AvgIpc) is 2.61. The van der Waals surface area contributed by atoms with Crippen molar-refractivity contribution in [3.8, 4) is 0 Å².